The number of pyridine rings is 1. The highest BCUT2D eigenvalue weighted by Crippen LogP contribution is 2.28. The minimum Gasteiger partial charge on any atom is -0.461 e. The van der Waals surface area contributed by atoms with Crippen LogP contribution in [0.5, 0.6) is 0 Å². The highest BCUT2D eigenvalue weighted by Gasteiger charge is 2.16. The number of hydrogen-bond acceptors (Lipinski definition) is 4. The molecule has 0 saturated carbocycles. The Kier molecular flexibility index (Phi) is 3.75. The first-order chi connectivity index (χ1) is 9.13. The molecule has 1 aromatic carbocycles. The molecule has 0 aliphatic rings. The second-order valence-electron chi connectivity index (χ2n) is 3.85. The third kappa shape index (κ3) is 2.70. The first kappa shape index (κ1) is 13.0. The fraction of sp³-hybridized carbons (Fsp3) is 0.143. The van der Waals surface area contributed by atoms with E-state index in [1.165, 1.54) is 18.3 Å². The van der Waals surface area contributed by atoms with Crippen molar-refractivity contribution in [3.63, 3.8) is 0 Å². The van der Waals surface area contributed by atoms with Gasteiger partial charge in [-0.1, -0.05) is 12.1 Å². The molecule has 2 rings (SSSR count). The van der Waals surface area contributed by atoms with E-state index in [1.54, 1.807) is 25.1 Å². The molecule has 0 atom stereocenters. The van der Waals surface area contributed by atoms with Gasteiger partial charge in [0.1, 0.15) is 5.82 Å². The maximum atomic E-state index is 13.2. The van der Waals surface area contributed by atoms with Crippen molar-refractivity contribution in [2.75, 3.05) is 12.3 Å². The first-order valence-electron chi connectivity index (χ1n) is 5.81. The van der Waals surface area contributed by atoms with E-state index in [0.717, 1.165) is 0 Å². The highest BCUT2D eigenvalue weighted by atomic mass is 19.1. The summed E-state index contributed by atoms with van der Waals surface area (Å²) in [5.41, 5.74) is 7.28. The Morgan fingerprint density at radius 2 is 2.21 bits per heavy atom. The van der Waals surface area contributed by atoms with Crippen LogP contribution in [0, 0.1) is 5.82 Å². The molecular formula is C14H13FN2O2. The predicted octanol–water partition coefficient (Wildman–Crippen LogP) is 2.65. The Balaban J connectivity index is 2.48. The smallest absolute Gasteiger partial charge is 0.359 e. The largest absolute Gasteiger partial charge is 0.461 e. The lowest BCUT2D eigenvalue weighted by molar-refractivity contribution is 0.0521. The third-order valence-electron chi connectivity index (χ3n) is 2.59. The van der Waals surface area contributed by atoms with Gasteiger partial charge in [0.15, 0.2) is 5.69 Å². The van der Waals surface area contributed by atoms with Gasteiger partial charge >= 0.3 is 5.97 Å². The number of benzene rings is 1. The summed E-state index contributed by atoms with van der Waals surface area (Å²) in [5.74, 6) is -0.954. The van der Waals surface area contributed by atoms with Gasteiger partial charge in [0.25, 0.3) is 0 Å². The lowest BCUT2D eigenvalue weighted by Crippen LogP contribution is -2.11. The van der Waals surface area contributed by atoms with E-state index in [-0.39, 0.29) is 23.8 Å². The predicted molar refractivity (Wildman–Crippen MR) is 70.0 cm³/mol. The molecule has 4 nitrogen and oxygen atoms in total. The van der Waals surface area contributed by atoms with Gasteiger partial charge in [0.05, 0.1) is 12.3 Å². The van der Waals surface area contributed by atoms with Gasteiger partial charge in [-0.25, -0.2) is 14.2 Å². The standard InChI is InChI=1S/C14H13FN2O2/c1-2-19-14(18)13-12(16)11(6-7-17-13)9-4-3-5-10(15)8-9/h3-8H,2,16H2,1H3. The summed E-state index contributed by atoms with van der Waals surface area (Å²) in [5, 5.41) is 0. The lowest BCUT2D eigenvalue weighted by Gasteiger charge is -2.09. The maximum Gasteiger partial charge on any atom is 0.359 e. The van der Waals surface area contributed by atoms with Crippen LogP contribution in [-0.4, -0.2) is 17.6 Å². The van der Waals surface area contributed by atoms with E-state index in [4.69, 9.17) is 10.5 Å². The van der Waals surface area contributed by atoms with Gasteiger partial charge < -0.3 is 10.5 Å². The average Bonchev–Trinajstić information content (AvgIpc) is 2.39. The SMILES string of the molecule is CCOC(=O)c1nccc(-c2cccc(F)c2)c1N. The van der Waals surface area contributed by atoms with Crippen molar-refractivity contribution in [1.82, 2.24) is 4.98 Å². The number of esters is 1. The summed E-state index contributed by atoms with van der Waals surface area (Å²) in [6.07, 6.45) is 1.45. The van der Waals surface area contributed by atoms with Crippen LogP contribution in [-0.2, 0) is 4.74 Å². The molecule has 0 spiro atoms. The molecule has 0 fully saturated rings. The molecule has 0 saturated heterocycles. The number of halogens is 1. The van der Waals surface area contributed by atoms with E-state index < -0.39 is 5.97 Å². The summed E-state index contributed by atoms with van der Waals surface area (Å²) >= 11 is 0. The normalized spacial score (nSPS) is 10.2. The molecule has 2 aromatic rings. The zero-order valence-electron chi connectivity index (χ0n) is 10.4. The lowest BCUT2D eigenvalue weighted by atomic mass is 10.0. The van der Waals surface area contributed by atoms with Crippen LogP contribution in [0.25, 0.3) is 11.1 Å². The molecule has 0 bridgehead atoms. The van der Waals surface area contributed by atoms with Gasteiger partial charge in [0, 0.05) is 11.8 Å². The molecule has 19 heavy (non-hydrogen) atoms. The molecule has 0 unspecified atom stereocenters. The number of anilines is 1. The van der Waals surface area contributed by atoms with E-state index >= 15 is 0 Å². The maximum absolute atomic E-state index is 13.2. The van der Waals surface area contributed by atoms with Gasteiger partial charge in [-0.15, -0.1) is 0 Å². The Morgan fingerprint density at radius 1 is 1.42 bits per heavy atom. The van der Waals surface area contributed by atoms with Crippen molar-refractivity contribution in [2.45, 2.75) is 6.92 Å². The van der Waals surface area contributed by atoms with Crippen LogP contribution in [0.3, 0.4) is 0 Å². The van der Waals surface area contributed by atoms with Crippen LogP contribution in [0.1, 0.15) is 17.4 Å². The van der Waals surface area contributed by atoms with Crippen LogP contribution in [0.4, 0.5) is 10.1 Å². The zero-order valence-corrected chi connectivity index (χ0v) is 10.4. The number of nitrogens with two attached hydrogens (primary N) is 1. The molecule has 98 valence electrons. The van der Waals surface area contributed by atoms with Gasteiger partial charge in [-0.3, -0.25) is 0 Å². The average molecular weight is 260 g/mol. The number of hydrogen-bond donors (Lipinski definition) is 1. The summed E-state index contributed by atoms with van der Waals surface area (Å²) in [7, 11) is 0. The number of aromatic nitrogens is 1. The Hall–Kier alpha value is -2.43. The van der Waals surface area contributed by atoms with E-state index in [0.29, 0.717) is 11.1 Å². The summed E-state index contributed by atoms with van der Waals surface area (Å²) in [6, 6.07) is 7.61. The molecule has 5 heteroatoms. The van der Waals surface area contributed by atoms with Crippen molar-refractivity contribution in [3.05, 3.63) is 48.0 Å². The fourth-order valence-corrected chi connectivity index (χ4v) is 1.74. The number of carbonyl (C=O) groups is 1. The Bertz CT molecular complexity index is 614. The Labute approximate surface area is 110 Å². The van der Waals surface area contributed by atoms with Crippen molar-refractivity contribution in [3.8, 4) is 11.1 Å². The second kappa shape index (κ2) is 5.48. The molecule has 1 heterocycles. The first-order valence-corrected chi connectivity index (χ1v) is 5.81. The van der Waals surface area contributed by atoms with Gasteiger partial charge in [-0.2, -0.15) is 0 Å². The molecule has 2 N–H and O–H groups in total. The van der Waals surface area contributed by atoms with E-state index in [1.807, 2.05) is 0 Å². The summed E-state index contributed by atoms with van der Waals surface area (Å²) in [6.45, 7) is 1.94. The van der Waals surface area contributed by atoms with Gasteiger partial charge in [-0.05, 0) is 30.7 Å². The molecule has 0 aliphatic heterocycles. The summed E-state index contributed by atoms with van der Waals surface area (Å²) in [4.78, 5) is 15.6. The quantitative estimate of drug-likeness (QED) is 0.861. The molecule has 0 amide bonds. The van der Waals surface area contributed by atoms with Crippen LogP contribution >= 0.6 is 0 Å². The van der Waals surface area contributed by atoms with Crippen LogP contribution in [0.15, 0.2) is 36.5 Å². The number of ether oxygens (including phenoxy) is 1. The van der Waals surface area contributed by atoms with Crippen molar-refractivity contribution in [1.29, 1.82) is 0 Å². The van der Waals surface area contributed by atoms with Crippen LogP contribution in [0.2, 0.25) is 0 Å². The molecule has 0 aliphatic carbocycles. The second-order valence-corrected chi connectivity index (χ2v) is 3.85. The van der Waals surface area contributed by atoms with Crippen molar-refractivity contribution < 1.29 is 13.9 Å². The molecule has 1 aromatic heterocycles. The minimum absolute atomic E-state index is 0.0450. The van der Waals surface area contributed by atoms with E-state index in [9.17, 15) is 9.18 Å². The summed E-state index contributed by atoms with van der Waals surface area (Å²) < 4.78 is 18.1. The fourth-order valence-electron chi connectivity index (χ4n) is 1.74. The minimum atomic E-state index is -0.585. The van der Waals surface area contributed by atoms with Gasteiger partial charge in [0.2, 0.25) is 0 Å². The van der Waals surface area contributed by atoms with Crippen LogP contribution < -0.4 is 5.73 Å². The third-order valence-corrected chi connectivity index (χ3v) is 2.59. The topological polar surface area (TPSA) is 65.2 Å². The highest BCUT2D eigenvalue weighted by molar-refractivity contribution is 5.97. The number of rotatable bonds is 3. The number of carbonyl (C=O) groups excluding carboxylic acids is 1. The Morgan fingerprint density at radius 3 is 2.89 bits per heavy atom. The number of nitrogens with zero attached hydrogens (tertiary/aromatic N) is 1. The monoisotopic (exact) mass is 260 g/mol. The van der Waals surface area contributed by atoms with Crippen molar-refractivity contribution >= 4 is 11.7 Å². The molecule has 0 radical (unpaired) electrons. The molecular weight excluding hydrogens is 247 g/mol. The number of nitrogen functional groups attached to an aromatic ring is 1. The zero-order chi connectivity index (χ0) is 13.8. The van der Waals surface area contributed by atoms with E-state index in [2.05, 4.69) is 4.98 Å². The van der Waals surface area contributed by atoms with Crippen molar-refractivity contribution in [2.24, 2.45) is 0 Å².